The van der Waals surface area contributed by atoms with Crippen molar-refractivity contribution in [2.45, 2.75) is 131 Å². The Labute approximate surface area is 222 Å². The van der Waals surface area contributed by atoms with Gasteiger partial charge in [0.05, 0.1) is 11.9 Å². The summed E-state index contributed by atoms with van der Waals surface area (Å²) < 4.78 is 37.0. The zero-order valence-electron chi connectivity index (χ0n) is 24.0. The first-order chi connectivity index (χ1) is 16.9. The summed E-state index contributed by atoms with van der Waals surface area (Å²) in [6, 6.07) is 0. The molecule has 5 heteroatoms. The Morgan fingerprint density at radius 3 is 2.31 bits per heavy atom. The molecule has 210 valence electrons. The Balaban J connectivity index is 1.31. The van der Waals surface area contributed by atoms with E-state index < -0.39 is 10.1 Å². The molecule has 0 heterocycles. The van der Waals surface area contributed by atoms with Gasteiger partial charge in [-0.15, -0.1) is 0 Å². The van der Waals surface area contributed by atoms with Crippen molar-refractivity contribution in [2.75, 3.05) is 12.4 Å². The minimum atomic E-state index is -3.85. The second-order valence-electron chi connectivity index (χ2n) is 14.4. The topological polar surface area (TPSA) is 63.6 Å². The highest BCUT2D eigenvalue weighted by atomic mass is 32.2. The van der Waals surface area contributed by atoms with Crippen LogP contribution in [0.1, 0.15) is 125 Å². The average molecular weight is 525 g/mol. The fraction of sp³-hybridized carbons (Fsp3) is 1.00. The van der Waals surface area contributed by atoms with E-state index in [1.54, 1.807) is 0 Å². The maximum absolute atomic E-state index is 10.9. The van der Waals surface area contributed by atoms with Crippen molar-refractivity contribution >= 4 is 10.1 Å². The van der Waals surface area contributed by atoms with Gasteiger partial charge in [0.15, 0.2) is 0 Å². The molecule has 4 rings (SSSR count). The second kappa shape index (κ2) is 11.5. The van der Waals surface area contributed by atoms with Crippen LogP contribution in [-0.2, 0) is 14.9 Å². The molecule has 0 aromatic rings. The third-order valence-corrected chi connectivity index (χ3v) is 12.8. The maximum Gasteiger partial charge on any atom is 0.264 e. The summed E-state index contributed by atoms with van der Waals surface area (Å²) >= 11 is 0. The lowest BCUT2D eigenvalue weighted by atomic mass is 9.44. The van der Waals surface area contributed by atoms with E-state index in [2.05, 4.69) is 34.6 Å². The molecule has 0 saturated heterocycles. The maximum atomic E-state index is 10.9. The van der Waals surface area contributed by atoms with E-state index in [0.717, 1.165) is 47.8 Å². The number of unbranched alkanes of at least 4 members (excludes halogenated alkanes) is 1. The third-order valence-electron chi connectivity index (χ3n) is 12.0. The van der Waals surface area contributed by atoms with E-state index in [4.69, 9.17) is 9.29 Å². The SMILES string of the molecule is CC(C)CCC[C@@H](C)[C@H]1CC[C@H]2[C@@H]3CC[C@@H]4C[C@@H](OCCCCS(=O)(=O)O)CC[C@]4(C)[C@H]3CC[C@]12C. The number of hydrogen-bond acceptors (Lipinski definition) is 3. The van der Waals surface area contributed by atoms with Crippen molar-refractivity contribution in [1.29, 1.82) is 0 Å². The van der Waals surface area contributed by atoms with Crippen LogP contribution in [0.15, 0.2) is 0 Å². The lowest BCUT2D eigenvalue weighted by Gasteiger charge is -2.61. The van der Waals surface area contributed by atoms with Crippen molar-refractivity contribution in [3.05, 3.63) is 0 Å². The Bertz CT molecular complexity index is 824. The smallest absolute Gasteiger partial charge is 0.264 e. The molecule has 4 aliphatic carbocycles. The molecular weight excluding hydrogens is 468 g/mol. The molecular formula is C31H56O4S. The Kier molecular flexibility index (Phi) is 9.26. The molecule has 0 radical (unpaired) electrons. The average Bonchev–Trinajstić information content (AvgIpc) is 3.15. The van der Waals surface area contributed by atoms with E-state index in [1.807, 2.05) is 0 Å². The predicted molar refractivity (Wildman–Crippen MR) is 148 cm³/mol. The molecule has 0 aliphatic heterocycles. The zero-order chi connectivity index (χ0) is 26.1. The molecule has 0 spiro atoms. The van der Waals surface area contributed by atoms with Crippen LogP contribution in [0.25, 0.3) is 0 Å². The Morgan fingerprint density at radius 1 is 0.861 bits per heavy atom. The van der Waals surface area contributed by atoms with Crippen LogP contribution >= 0.6 is 0 Å². The van der Waals surface area contributed by atoms with Crippen LogP contribution in [0.5, 0.6) is 0 Å². The van der Waals surface area contributed by atoms with E-state index in [0.29, 0.717) is 36.4 Å². The Hall–Kier alpha value is -0.130. The first-order valence-corrected chi connectivity index (χ1v) is 17.1. The summed E-state index contributed by atoms with van der Waals surface area (Å²) in [4.78, 5) is 0. The summed E-state index contributed by atoms with van der Waals surface area (Å²) in [6.07, 6.45) is 18.0. The molecule has 0 amide bonds. The van der Waals surface area contributed by atoms with Gasteiger partial charge < -0.3 is 4.74 Å². The molecule has 0 bridgehead atoms. The van der Waals surface area contributed by atoms with Crippen molar-refractivity contribution in [3.8, 4) is 0 Å². The quantitative estimate of drug-likeness (QED) is 0.219. The van der Waals surface area contributed by atoms with Gasteiger partial charge in [0, 0.05) is 6.61 Å². The van der Waals surface area contributed by atoms with Gasteiger partial charge in [-0.1, -0.05) is 53.9 Å². The summed E-state index contributed by atoms with van der Waals surface area (Å²) in [7, 11) is -3.85. The molecule has 1 N–H and O–H groups in total. The molecule has 4 aliphatic rings. The normalized spacial score (nSPS) is 41.5. The number of hydrogen-bond donors (Lipinski definition) is 1. The van der Waals surface area contributed by atoms with Gasteiger partial charge in [-0.2, -0.15) is 8.42 Å². The van der Waals surface area contributed by atoms with Crippen molar-refractivity contribution in [3.63, 3.8) is 0 Å². The van der Waals surface area contributed by atoms with E-state index in [-0.39, 0.29) is 5.75 Å². The van der Waals surface area contributed by atoms with Crippen LogP contribution < -0.4 is 0 Å². The van der Waals surface area contributed by atoms with Crippen molar-refractivity contribution < 1.29 is 17.7 Å². The van der Waals surface area contributed by atoms with Crippen LogP contribution in [0, 0.1) is 52.3 Å². The van der Waals surface area contributed by atoms with E-state index >= 15 is 0 Å². The lowest BCUT2D eigenvalue weighted by molar-refractivity contribution is -0.136. The van der Waals surface area contributed by atoms with Crippen LogP contribution in [0.4, 0.5) is 0 Å². The summed E-state index contributed by atoms with van der Waals surface area (Å²) in [6.45, 7) is 13.3. The molecule has 0 aromatic carbocycles. The monoisotopic (exact) mass is 524 g/mol. The first kappa shape index (κ1) is 28.9. The van der Waals surface area contributed by atoms with Gasteiger partial charge in [0.1, 0.15) is 0 Å². The summed E-state index contributed by atoms with van der Waals surface area (Å²) in [5.74, 6) is 6.08. The highest BCUT2D eigenvalue weighted by Gasteiger charge is 2.60. The molecule has 0 unspecified atom stereocenters. The molecule has 36 heavy (non-hydrogen) atoms. The van der Waals surface area contributed by atoms with Gasteiger partial charge in [-0.25, -0.2) is 0 Å². The molecule has 0 aromatic heterocycles. The Morgan fingerprint density at radius 2 is 1.58 bits per heavy atom. The van der Waals surface area contributed by atoms with Crippen LogP contribution in [0.2, 0.25) is 0 Å². The highest BCUT2D eigenvalue weighted by molar-refractivity contribution is 7.85. The molecule has 4 nitrogen and oxygen atoms in total. The van der Waals surface area contributed by atoms with Crippen LogP contribution in [0.3, 0.4) is 0 Å². The molecule has 9 atom stereocenters. The second-order valence-corrected chi connectivity index (χ2v) is 16.0. The number of rotatable bonds is 11. The standard InChI is InChI=1S/C31H56O4S/c1-22(2)9-8-10-23(3)27-13-14-28-26-12-11-24-21-25(35-19-6-7-20-36(32,33)34)15-17-30(24,4)29(26)16-18-31(27,28)5/h22-29H,6-21H2,1-5H3,(H,32,33,34)/t23-,24-,25+,26+,27-,28+,29+,30+,31-/m1/s1. The zero-order valence-corrected chi connectivity index (χ0v) is 24.8. The minimum absolute atomic E-state index is 0.150. The highest BCUT2D eigenvalue weighted by Crippen LogP contribution is 2.68. The van der Waals surface area contributed by atoms with Crippen LogP contribution in [-0.4, -0.2) is 31.4 Å². The molecule has 4 saturated carbocycles. The van der Waals surface area contributed by atoms with Gasteiger partial charge in [0.2, 0.25) is 0 Å². The lowest BCUT2D eigenvalue weighted by Crippen LogP contribution is -2.54. The third kappa shape index (κ3) is 6.19. The fourth-order valence-corrected chi connectivity index (χ4v) is 10.6. The summed E-state index contributed by atoms with van der Waals surface area (Å²) in [5, 5.41) is 0. The van der Waals surface area contributed by atoms with Gasteiger partial charge in [0.25, 0.3) is 10.1 Å². The van der Waals surface area contributed by atoms with E-state index in [9.17, 15) is 8.42 Å². The largest absolute Gasteiger partial charge is 0.378 e. The van der Waals surface area contributed by atoms with E-state index in [1.165, 1.54) is 70.6 Å². The molecule has 4 fully saturated rings. The first-order valence-electron chi connectivity index (χ1n) is 15.5. The van der Waals surface area contributed by atoms with Gasteiger partial charge >= 0.3 is 0 Å². The number of ether oxygens (including phenoxy) is 1. The fourth-order valence-electron chi connectivity index (χ4n) is 10.0. The summed E-state index contributed by atoms with van der Waals surface area (Å²) in [5.41, 5.74) is 1.06. The van der Waals surface area contributed by atoms with Crippen molar-refractivity contribution in [2.24, 2.45) is 52.3 Å². The predicted octanol–water partition coefficient (Wildman–Crippen LogP) is 8.16. The number of fused-ring (bicyclic) bond motifs is 5. The van der Waals surface area contributed by atoms with Gasteiger partial charge in [-0.05, 0) is 123 Å². The van der Waals surface area contributed by atoms with Crippen molar-refractivity contribution in [1.82, 2.24) is 0 Å². The minimum Gasteiger partial charge on any atom is -0.378 e. The van der Waals surface area contributed by atoms with Gasteiger partial charge in [-0.3, -0.25) is 4.55 Å².